The third-order valence-electron chi connectivity index (χ3n) is 1.93. The summed E-state index contributed by atoms with van der Waals surface area (Å²) in [5.41, 5.74) is 1.86. The summed E-state index contributed by atoms with van der Waals surface area (Å²) in [6, 6.07) is 11.3. The van der Waals surface area contributed by atoms with E-state index in [-0.39, 0.29) is 10.9 Å². The molecule has 0 saturated carbocycles. The lowest BCUT2D eigenvalue weighted by molar-refractivity contribution is 0.473. The van der Waals surface area contributed by atoms with E-state index in [0.717, 1.165) is 11.1 Å². The van der Waals surface area contributed by atoms with Crippen LogP contribution in [0.3, 0.4) is 0 Å². The highest BCUT2D eigenvalue weighted by molar-refractivity contribution is 6.30. The Morgan fingerprint density at radius 3 is 2.43 bits per heavy atom. The highest BCUT2D eigenvalue weighted by atomic mass is 35.5. The van der Waals surface area contributed by atoms with Crippen molar-refractivity contribution in [3.05, 3.63) is 47.7 Å². The molecule has 1 aromatic heterocycles. The van der Waals surface area contributed by atoms with Gasteiger partial charge in [0.15, 0.2) is 10.9 Å². The third kappa shape index (κ3) is 1.70. The van der Waals surface area contributed by atoms with E-state index in [4.69, 9.17) is 11.6 Å². The first-order valence-electron chi connectivity index (χ1n) is 4.17. The highest BCUT2D eigenvalue weighted by Crippen LogP contribution is 2.26. The molecule has 0 unspecified atom stereocenters. The minimum Gasteiger partial charge on any atom is -0.505 e. The molecule has 2 aromatic rings. The van der Waals surface area contributed by atoms with Gasteiger partial charge < -0.3 is 5.11 Å². The zero-order chi connectivity index (χ0) is 9.97. The third-order valence-corrected chi connectivity index (χ3v) is 2.22. The van der Waals surface area contributed by atoms with E-state index in [1.54, 1.807) is 12.3 Å². The van der Waals surface area contributed by atoms with Crippen LogP contribution >= 0.6 is 11.6 Å². The van der Waals surface area contributed by atoms with Gasteiger partial charge in [0.2, 0.25) is 0 Å². The Morgan fingerprint density at radius 1 is 1.07 bits per heavy atom. The molecular formula is C11H8ClNO. The van der Waals surface area contributed by atoms with Crippen molar-refractivity contribution < 1.29 is 5.11 Å². The van der Waals surface area contributed by atoms with Crippen LogP contribution in [-0.4, -0.2) is 10.1 Å². The molecule has 0 aliphatic rings. The Morgan fingerprint density at radius 2 is 1.79 bits per heavy atom. The normalized spacial score (nSPS) is 10.1. The zero-order valence-corrected chi connectivity index (χ0v) is 8.07. The molecular weight excluding hydrogens is 198 g/mol. The summed E-state index contributed by atoms with van der Waals surface area (Å²) in [4.78, 5) is 3.87. The lowest BCUT2D eigenvalue weighted by Gasteiger charge is -2.01. The SMILES string of the molecule is Oc1cc(-c2ccccc2)cnc1Cl. The van der Waals surface area contributed by atoms with Crippen molar-refractivity contribution in [1.82, 2.24) is 4.98 Å². The summed E-state index contributed by atoms with van der Waals surface area (Å²) in [7, 11) is 0. The Bertz CT molecular complexity index is 442. The smallest absolute Gasteiger partial charge is 0.170 e. The number of benzene rings is 1. The molecule has 70 valence electrons. The van der Waals surface area contributed by atoms with Crippen molar-refractivity contribution in [3.63, 3.8) is 0 Å². The Balaban J connectivity index is 2.48. The predicted molar refractivity (Wildman–Crippen MR) is 56.3 cm³/mol. The molecule has 0 spiro atoms. The van der Waals surface area contributed by atoms with E-state index in [0.29, 0.717) is 0 Å². The van der Waals surface area contributed by atoms with Gasteiger partial charge in [-0.25, -0.2) is 4.98 Å². The molecule has 2 rings (SSSR count). The molecule has 0 amide bonds. The van der Waals surface area contributed by atoms with Crippen LogP contribution in [0.4, 0.5) is 0 Å². The average molecular weight is 206 g/mol. The van der Waals surface area contributed by atoms with Crippen molar-refractivity contribution in [2.24, 2.45) is 0 Å². The quantitative estimate of drug-likeness (QED) is 0.726. The van der Waals surface area contributed by atoms with Crippen molar-refractivity contribution >= 4 is 11.6 Å². The van der Waals surface area contributed by atoms with Crippen molar-refractivity contribution in [1.29, 1.82) is 0 Å². The summed E-state index contributed by atoms with van der Waals surface area (Å²) in [6.07, 6.45) is 1.64. The summed E-state index contributed by atoms with van der Waals surface area (Å²) in [5, 5.41) is 9.50. The van der Waals surface area contributed by atoms with Gasteiger partial charge in [0.1, 0.15) is 0 Å². The molecule has 14 heavy (non-hydrogen) atoms. The summed E-state index contributed by atoms with van der Waals surface area (Å²) in [5.74, 6) is 0.00743. The molecule has 0 bridgehead atoms. The number of halogens is 1. The molecule has 0 radical (unpaired) electrons. The fourth-order valence-corrected chi connectivity index (χ4v) is 1.33. The minimum absolute atomic E-state index is 0.00743. The first kappa shape index (κ1) is 9.03. The number of hydrogen-bond acceptors (Lipinski definition) is 2. The molecule has 1 aromatic carbocycles. The monoisotopic (exact) mass is 205 g/mol. The summed E-state index contributed by atoms with van der Waals surface area (Å²) >= 11 is 5.61. The largest absolute Gasteiger partial charge is 0.505 e. The van der Waals surface area contributed by atoms with E-state index in [9.17, 15) is 5.11 Å². The Labute approximate surface area is 86.8 Å². The average Bonchev–Trinajstić information content (AvgIpc) is 2.23. The van der Waals surface area contributed by atoms with Crippen LogP contribution in [-0.2, 0) is 0 Å². The fourth-order valence-electron chi connectivity index (χ4n) is 1.22. The molecule has 3 heteroatoms. The second-order valence-electron chi connectivity index (χ2n) is 2.90. The van der Waals surface area contributed by atoms with Crippen LogP contribution in [0.5, 0.6) is 5.75 Å². The van der Waals surface area contributed by atoms with Gasteiger partial charge in [0.05, 0.1) is 0 Å². The first-order chi connectivity index (χ1) is 6.77. The van der Waals surface area contributed by atoms with E-state index >= 15 is 0 Å². The Kier molecular flexibility index (Phi) is 2.37. The summed E-state index contributed by atoms with van der Waals surface area (Å²) in [6.45, 7) is 0. The van der Waals surface area contributed by atoms with Gasteiger partial charge in [-0.1, -0.05) is 41.9 Å². The number of nitrogens with zero attached hydrogens (tertiary/aromatic N) is 1. The van der Waals surface area contributed by atoms with Gasteiger partial charge in [-0.3, -0.25) is 0 Å². The minimum atomic E-state index is 0.00743. The maximum Gasteiger partial charge on any atom is 0.170 e. The summed E-state index contributed by atoms with van der Waals surface area (Å²) < 4.78 is 0. The molecule has 1 heterocycles. The van der Waals surface area contributed by atoms with Crippen LogP contribution < -0.4 is 0 Å². The predicted octanol–water partition coefficient (Wildman–Crippen LogP) is 3.11. The molecule has 0 atom stereocenters. The topological polar surface area (TPSA) is 33.1 Å². The van der Waals surface area contributed by atoms with E-state index < -0.39 is 0 Å². The van der Waals surface area contributed by atoms with Gasteiger partial charge in [0.25, 0.3) is 0 Å². The van der Waals surface area contributed by atoms with Gasteiger partial charge in [-0.05, 0) is 11.6 Å². The maximum atomic E-state index is 9.37. The number of rotatable bonds is 1. The van der Waals surface area contributed by atoms with Gasteiger partial charge in [-0.15, -0.1) is 0 Å². The van der Waals surface area contributed by atoms with Crippen LogP contribution in [0, 0.1) is 0 Å². The number of hydrogen-bond donors (Lipinski definition) is 1. The van der Waals surface area contributed by atoms with Crippen LogP contribution in [0.1, 0.15) is 0 Å². The lowest BCUT2D eigenvalue weighted by Crippen LogP contribution is -1.81. The van der Waals surface area contributed by atoms with Gasteiger partial charge in [-0.2, -0.15) is 0 Å². The Hall–Kier alpha value is -1.54. The fraction of sp³-hybridized carbons (Fsp3) is 0. The van der Waals surface area contributed by atoms with Crippen molar-refractivity contribution in [3.8, 4) is 16.9 Å². The molecule has 0 aliphatic carbocycles. The van der Waals surface area contributed by atoms with Gasteiger partial charge >= 0.3 is 0 Å². The maximum absolute atomic E-state index is 9.37. The standard InChI is InChI=1S/C11H8ClNO/c12-11-10(14)6-9(7-13-11)8-4-2-1-3-5-8/h1-7,14H. The first-order valence-corrected chi connectivity index (χ1v) is 4.55. The van der Waals surface area contributed by atoms with E-state index in [1.165, 1.54) is 0 Å². The second kappa shape index (κ2) is 3.68. The zero-order valence-electron chi connectivity index (χ0n) is 7.31. The van der Waals surface area contributed by atoms with Crippen molar-refractivity contribution in [2.45, 2.75) is 0 Å². The van der Waals surface area contributed by atoms with Gasteiger partial charge in [0, 0.05) is 11.8 Å². The molecule has 0 fully saturated rings. The highest BCUT2D eigenvalue weighted by Gasteiger charge is 2.02. The number of aromatic nitrogens is 1. The molecule has 0 saturated heterocycles. The van der Waals surface area contributed by atoms with E-state index in [1.807, 2.05) is 30.3 Å². The molecule has 2 nitrogen and oxygen atoms in total. The molecule has 0 aliphatic heterocycles. The van der Waals surface area contributed by atoms with Crippen LogP contribution in [0.25, 0.3) is 11.1 Å². The molecule has 1 N–H and O–H groups in total. The lowest BCUT2D eigenvalue weighted by atomic mass is 10.1. The second-order valence-corrected chi connectivity index (χ2v) is 3.26. The number of aromatic hydroxyl groups is 1. The van der Waals surface area contributed by atoms with E-state index in [2.05, 4.69) is 4.98 Å². The van der Waals surface area contributed by atoms with Crippen molar-refractivity contribution in [2.75, 3.05) is 0 Å². The number of pyridine rings is 1. The van der Waals surface area contributed by atoms with Crippen LogP contribution in [0.15, 0.2) is 42.6 Å². The van der Waals surface area contributed by atoms with Crippen LogP contribution in [0.2, 0.25) is 5.15 Å².